The molecular formula is C21H34N2O. The van der Waals surface area contributed by atoms with Crippen molar-refractivity contribution < 1.29 is 4.74 Å². The van der Waals surface area contributed by atoms with Gasteiger partial charge in [-0.1, -0.05) is 39.0 Å². The van der Waals surface area contributed by atoms with E-state index in [0.29, 0.717) is 5.41 Å². The van der Waals surface area contributed by atoms with Crippen LogP contribution in [0.25, 0.3) is 0 Å². The van der Waals surface area contributed by atoms with E-state index in [1.54, 1.807) is 7.11 Å². The summed E-state index contributed by atoms with van der Waals surface area (Å²) in [6.07, 6.45) is 3.84. The molecule has 2 bridgehead atoms. The van der Waals surface area contributed by atoms with Crippen LogP contribution in [0.15, 0.2) is 24.3 Å². The molecule has 3 heteroatoms. The highest BCUT2D eigenvalue weighted by atomic mass is 16.5. The second-order valence-corrected chi connectivity index (χ2v) is 8.33. The van der Waals surface area contributed by atoms with Gasteiger partial charge in [0.05, 0.1) is 7.11 Å². The molecule has 3 nitrogen and oxygen atoms in total. The van der Waals surface area contributed by atoms with Gasteiger partial charge in [0.25, 0.3) is 0 Å². The molecule has 1 aromatic rings. The van der Waals surface area contributed by atoms with Crippen molar-refractivity contribution in [2.75, 3.05) is 26.7 Å². The van der Waals surface area contributed by atoms with Crippen molar-refractivity contribution in [3.05, 3.63) is 29.8 Å². The summed E-state index contributed by atoms with van der Waals surface area (Å²) in [4.78, 5) is 0. The molecule has 0 aliphatic heterocycles. The van der Waals surface area contributed by atoms with Crippen molar-refractivity contribution >= 4 is 0 Å². The zero-order valence-electron chi connectivity index (χ0n) is 15.8. The minimum atomic E-state index is 0.588. The fourth-order valence-corrected chi connectivity index (χ4v) is 5.02. The molecule has 0 amide bonds. The molecule has 134 valence electrons. The van der Waals surface area contributed by atoms with E-state index in [4.69, 9.17) is 4.74 Å². The Morgan fingerprint density at radius 1 is 1.12 bits per heavy atom. The number of hydrogen-bond acceptors (Lipinski definition) is 3. The standard InChI is InChI=1S/C21H34N2O/c1-15-18-13-17(21(18,2)3)14-19(15)23-12-11-22-10-9-16-7-5-6-8-20(16)24-4/h5-8,15,17-19,22-23H,9-14H2,1-4H3/t15-,17+,18?,19-/m1/s1. The molecule has 3 saturated carbocycles. The van der Waals surface area contributed by atoms with E-state index >= 15 is 0 Å². The Balaban J connectivity index is 1.32. The fourth-order valence-electron chi connectivity index (χ4n) is 5.02. The molecule has 2 N–H and O–H groups in total. The zero-order chi connectivity index (χ0) is 17.2. The first-order chi connectivity index (χ1) is 11.5. The van der Waals surface area contributed by atoms with Gasteiger partial charge < -0.3 is 15.4 Å². The Bertz CT molecular complexity index is 542. The van der Waals surface area contributed by atoms with Crippen molar-refractivity contribution in [2.45, 2.75) is 46.1 Å². The highest BCUT2D eigenvalue weighted by Crippen LogP contribution is 2.61. The molecule has 0 heterocycles. The topological polar surface area (TPSA) is 33.3 Å². The molecule has 3 aliphatic rings. The lowest BCUT2D eigenvalue weighted by Gasteiger charge is -2.62. The predicted octanol–water partition coefficient (Wildman–Crippen LogP) is 3.49. The van der Waals surface area contributed by atoms with Crippen LogP contribution in [0.5, 0.6) is 5.75 Å². The normalized spacial score (nSPS) is 30.7. The maximum absolute atomic E-state index is 5.41. The van der Waals surface area contributed by atoms with Crippen LogP contribution >= 0.6 is 0 Å². The number of methoxy groups -OCH3 is 1. The minimum absolute atomic E-state index is 0.588. The third-order valence-electron chi connectivity index (χ3n) is 6.83. The van der Waals surface area contributed by atoms with E-state index in [1.165, 1.54) is 18.4 Å². The Morgan fingerprint density at radius 2 is 1.92 bits per heavy atom. The van der Waals surface area contributed by atoms with Gasteiger partial charge in [-0.25, -0.2) is 0 Å². The monoisotopic (exact) mass is 330 g/mol. The quantitative estimate of drug-likeness (QED) is 0.716. The van der Waals surface area contributed by atoms with Gasteiger partial charge in [-0.15, -0.1) is 0 Å². The summed E-state index contributed by atoms with van der Waals surface area (Å²) in [7, 11) is 1.74. The minimum Gasteiger partial charge on any atom is -0.496 e. The van der Waals surface area contributed by atoms with Gasteiger partial charge in [-0.2, -0.15) is 0 Å². The largest absolute Gasteiger partial charge is 0.496 e. The van der Waals surface area contributed by atoms with Gasteiger partial charge >= 0.3 is 0 Å². The van der Waals surface area contributed by atoms with E-state index in [0.717, 1.165) is 55.6 Å². The molecule has 3 aliphatic carbocycles. The van der Waals surface area contributed by atoms with Crippen molar-refractivity contribution in [1.29, 1.82) is 0 Å². The molecule has 1 unspecified atom stereocenters. The number of benzene rings is 1. The number of ether oxygens (including phenoxy) is 1. The first-order valence-electron chi connectivity index (χ1n) is 9.60. The lowest BCUT2D eigenvalue weighted by Crippen LogP contribution is -2.60. The van der Waals surface area contributed by atoms with Crippen molar-refractivity contribution in [1.82, 2.24) is 10.6 Å². The average Bonchev–Trinajstić information content (AvgIpc) is 2.58. The Kier molecular flexibility index (Phi) is 5.51. The number of nitrogens with one attached hydrogen (secondary N) is 2. The number of para-hydroxylation sites is 1. The van der Waals surface area contributed by atoms with Gasteiger partial charge in [0, 0.05) is 19.1 Å². The first-order valence-corrected chi connectivity index (χ1v) is 9.60. The summed E-state index contributed by atoms with van der Waals surface area (Å²) in [6, 6.07) is 9.01. The Hall–Kier alpha value is -1.06. The van der Waals surface area contributed by atoms with E-state index in [2.05, 4.69) is 43.5 Å². The smallest absolute Gasteiger partial charge is 0.122 e. The van der Waals surface area contributed by atoms with Crippen molar-refractivity contribution in [2.24, 2.45) is 23.2 Å². The summed E-state index contributed by atoms with van der Waals surface area (Å²) < 4.78 is 5.41. The van der Waals surface area contributed by atoms with Crippen LogP contribution < -0.4 is 15.4 Å². The molecule has 4 rings (SSSR count). The second kappa shape index (κ2) is 7.45. The van der Waals surface area contributed by atoms with Gasteiger partial charge in [-0.05, 0) is 60.6 Å². The van der Waals surface area contributed by atoms with Crippen molar-refractivity contribution in [3.8, 4) is 5.75 Å². The summed E-state index contributed by atoms with van der Waals surface area (Å²) in [6.45, 7) is 10.5. The van der Waals surface area contributed by atoms with Crippen LogP contribution in [-0.2, 0) is 6.42 Å². The van der Waals surface area contributed by atoms with Crippen LogP contribution in [0.1, 0.15) is 39.2 Å². The van der Waals surface area contributed by atoms with Crippen LogP contribution in [0.3, 0.4) is 0 Å². The molecule has 24 heavy (non-hydrogen) atoms. The van der Waals surface area contributed by atoms with Gasteiger partial charge in [-0.3, -0.25) is 0 Å². The molecule has 0 aromatic heterocycles. The molecule has 0 saturated heterocycles. The van der Waals surface area contributed by atoms with E-state index in [1.807, 2.05) is 12.1 Å². The third-order valence-corrected chi connectivity index (χ3v) is 6.83. The zero-order valence-corrected chi connectivity index (χ0v) is 15.8. The third kappa shape index (κ3) is 3.48. The van der Waals surface area contributed by atoms with Gasteiger partial charge in [0.15, 0.2) is 0 Å². The van der Waals surface area contributed by atoms with Crippen LogP contribution in [-0.4, -0.2) is 32.8 Å². The number of rotatable bonds is 8. The highest BCUT2D eigenvalue weighted by Gasteiger charge is 2.55. The highest BCUT2D eigenvalue weighted by molar-refractivity contribution is 5.33. The SMILES string of the molecule is COc1ccccc1CCNCCN[C@@H]1C[C@@H]2CC([C@H]1C)C2(C)C. The first kappa shape index (κ1) is 17.8. The van der Waals surface area contributed by atoms with Gasteiger partial charge in [0.2, 0.25) is 0 Å². The summed E-state index contributed by atoms with van der Waals surface area (Å²) >= 11 is 0. The molecule has 0 spiro atoms. The summed E-state index contributed by atoms with van der Waals surface area (Å²) in [5, 5.41) is 7.36. The van der Waals surface area contributed by atoms with E-state index in [-0.39, 0.29) is 0 Å². The maximum atomic E-state index is 5.41. The van der Waals surface area contributed by atoms with Crippen LogP contribution in [0.4, 0.5) is 0 Å². The predicted molar refractivity (Wildman–Crippen MR) is 101 cm³/mol. The van der Waals surface area contributed by atoms with Crippen molar-refractivity contribution in [3.63, 3.8) is 0 Å². The second-order valence-electron chi connectivity index (χ2n) is 8.33. The van der Waals surface area contributed by atoms with E-state index in [9.17, 15) is 0 Å². The number of hydrogen-bond donors (Lipinski definition) is 2. The lowest BCUT2D eigenvalue weighted by atomic mass is 9.45. The molecule has 0 radical (unpaired) electrons. The summed E-state index contributed by atoms with van der Waals surface area (Å²) in [5.74, 6) is 3.68. The Labute approximate surface area is 147 Å². The van der Waals surface area contributed by atoms with E-state index < -0.39 is 0 Å². The lowest BCUT2D eigenvalue weighted by molar-refractivity contribution is -0.114. The molecule has 3 fully saturated rings. The summed E-state index contributed by atoms with van der Waals surface area (Å²) in [5.41, 5.74) is 1.87. The molecule has 1 aromatic carbocycles. The molecule has 4 atom stereocenters. The average molecular weight is 331 g/mol. The maximum Gasteiger partial charge on any atom is 0.122 e. The van der Waals surface area contributed by atoms with Gasteiger partial charge in [0.1, 0.15) is 5.75 Å². The Morgan fingerprint density at radius 3 is 2.62 bits per heavy atom. The van der Waals surface area contributed by atoms with Crippen LogP contribution in [0.2, 0.25) is 0 Å². The molecular weight excluding hydrogens is 296 g/mol. The van der Waals surface area contributed by atoms with Crippen LogP contribution in [0, 0.1) is 23.2 Å². The number of fused-ring (bicyclic) bond motifs is 2. The fraction of sp³-hybridized carbons (Fsp3) is 0.714.